The molecular weight excluding hydrogens is 284 g/mol. The molecule has 1 heterocycles. The van der Waals surface area contributed by atoms with Gasteiger partial charge in [-0.15, -0.1) is 0 Å². The summed E-state index contributed by atoms with van der Waals surface area (Å²) in [5.41, 5.74) is 5.30. The Morgan fingerprint density at radius 3 is 2.95 bits per heavy atom. The molecule has 3 N–H and O–H groups in total. The van der Waals surface area contributed by atoms with Gasteiger partial charge >= 0.3 is 0 Å². The van der Waals surface area contributed by atoms with Crippen LogP contribution in [0.25, 0.3) is 0 Å². The monoisotopic (exact) mass is 314 g/mol. The summed E-state index contributed by atoms with van der Waals surface area (Å²) in [7, 11) is 0. The molecule has 5 heteroatoms. The molecule has 1 saturated heterocycles. The summed E-state index contributed by atoms with van der Waals surface area (Å²) >= 11 is 1.97. The van der Waals surface area contributed by atoms with Crippen molar-refractivity contribution in [3.8, 4) is 0 Å². The Bertz CT molecular complexity index is 334. The van der Waals surface area contributed by atoms with Crippen molar-refractivity contribution in [2.45, 2.75) is 63.5 Å². The number of primary amides is 1. The lowest BCUT2D eigenvalue weighted by atomic mass is 9.84. The summed E-state index contributed by atoms with van der Waals surface area (Å²) in [4.78, 5) is 12.0. The number of carbonyl (C=O) groups is 1. The van der Waals surface area contributed by atoms with E-state index in [1.807, 2.05) is 11.8 Å². The number of nitrogens with one attached hydrogen (secondary N) is 1. The first kappa shape index (κ1) is 17.1. The molecule has 0 bridgehead atoms. The van der Waals surface area contributed by atoms with Gasteiger partial charge in [0.2, 0.25) is 5.91 Å². The first-order valence-corrected chi connectivity index (χ1v) is 9.59. The molecule has 0 radical (unpaired) electrons. The third-order valence-electron chi connectivity index (χ3n) is 4.89. The smallest absolute Gasteiger partial charge is 0.238 e. The highest BCUT2D eigenvalue weighted by molar-refractivity contribution is 7.99. The van der Waals surface area contributed by atoms with Crippen molar-refractivity contribution in [2.75, 3.05) is 24.7 Å². The van der Waals surface area contributed by atoms with Crippen molar-refractivity contribution in [3.05, 3.63) is 0 Å². The van der Waals surface area contributed by atoms with Gasteiger partial charge < -0.3 is 15.8 Å². The maximum atomic E-state index is 12.0. The van der Waals surface area contributed by atoms with Crippen LogP contribution in [-0.2, 0) is 9.53 Å². The van der Waals surface area contributed by atoms with Crippen LogP contribution < -0.4 is 11.1 Å². The second-order valence-corrected chi connectivity index (χ2v) is 7.50. The molecule has 122 valence electrons. The van der Waals surface area contributed by atoms with Crippen LogP contribution in [0.2, 0.25) is 0 Å². The summed E-state index contributed by atoms with van der Waals surface area (Å²) in [6.07, 6.45) is 8.13. The minimum absolute atomic E-state index is 0.150. The minimum Gasteiger partial charge on any atom is -0.377 e. The number of hydrogen-bond acceptors (Lipinski definition) is 4. The molecule has 4 nitrogen and oxygen atoms in total. The third-order valence-corrected chi connectivity index (χ3v) is 6.02. The van der Waals surface area contributed by atoms with E-state index in [9.17, 15) is 4.79 Å². The van der Waals surface area contributed by atoms with Gasteiger partial charge in [-0.25, -0.2) is 0 Å². The Labute approximate surface area is 132 Å². The summed E-state index contributed by atoms with van der Waals surface area (Å²) in [6, 6.07) is 0. The highest BCUT2D eigenvalue weighted by Crippen LogP contribution is 2.38. The number of rotatable bonds is 9. The van der Waals surface area contributed by atoms with Crippen LogP contribution in [0, 0.1) is 5.92 Å². The summed E-state index contributed by atoms with van der Waals surface area (Å²) < 4.78 is 5.65. The van der Waals surface area contributed by atoms with E-state index in [0.29, 0.717) is 12.0 Å². The predicted molar refractivity (Wildman–Crippen MR) is 88.5 cm³/mol. The largest absolute Gasteiger partial charge is 0.377 e. The normalized spacial score (nSPS) is 32.6. The standard InChI is InChI=1S/C16H30N2O2S/c1-2-9-18-16(15(17)19)8-3-5-13(16)7-11-21-12-14-6-4-10-20-14/h13-14,18H,2-12H2,1H3,(H2,17,19). The number of nitrogens with two attached hydrogens (primary N) is 1. The van der Waals surface area contributed by atoms with Crippen LogP contribution in [0.5, 0.6) is 0 Å². The Balaban J connectivity index is 1.77. The van der Waals surface area contributed by atoms with E-state index in [1.54, 1.807) is 0 Å². The quantitative estimate of drug-likeness (QED) is 0.641. The molecule has 3 unspecified atom stereocenters. The highest BCUT2D eigenvalue weighted by Gasteiger charge is 2.46. The molecule has 0 aromatic carbocycles. The minimum atomic E-state index is -0.444. The van der Waals surface area contributed by atoms with E-state index in [1.165, 1.54) is 12.8 Å². The van der Waals surface area contributed by atoms with Gasteiger partial charge in [0, 0.05) is 12.4 Å². The van der Waals surface area contributed by atoms with Crippen LogP contribution in [0.1, 0.15) is 51.9 Å². The predicted octanol–water partition coefficient (Wildman–Crippen LogP) is 2.31. The number of hydrogen-bond donors (Lipinski definition) is 2. The molecule has 1 aliphatic heterocycles. The van der Waals surface area contributed by atoms with Gasteiger partial charge in [-0.3, -0.25) is 4.79 Å². The number of thioether (sulfide) groups is 1. The van der Waals surface area contributed by atoms with E-state index in [0.717, 1.165) is 56.8 Å². The van der Waals surface area contributed by atoms with Gasteiger partial charge in [0.05, 0.1) is 6.10 Å². The zero-order chi connectivity index (χ0) is 15.1. The van der Waals surface area contributed by atoms with Crippen molar-refractivity contribution in [2.24, 2.45) is 11.7 Å². The molecule has 1 aliphatic carbocycles. The Kier molecular flexibility index (Phi) is 6.83. The first-order chi connectivity index (χ1) is 10.2. The lowest BCUT2D eigenvalue weighted by molar-refractivity contribution is -0.126. The second-order valence-electron chi connectivity index (χ2n) is 6.35. The van der Waals surface area contributed by atoms with Crippen LogP contribution in [0.3, 0.4) is 0 Å². The van der Waals surface area contributed by atoms with Crippen LogP contribution in [-0.4, -0.2) is 42.2 Å². The number of amides is 1. The van der Waals surface area contributed by atoms with E-state index < -0.39 is 5.54 Å². The Morgan fingerprint density at radius 1 is 1.43 bits per heavy atom. The Hall–Kier alpha value is -0.260. The van der Waals surface area contributed by atoms with E-state index in [4.69, 9.17) is 10.5 Å². The Morgan fingerprint density at radius 2 is 2.29 bits per heavy atom. The van der Waals surface area contributed by atoms with Crippen LogP contribution >= 0.6 is 11.8 Å². The molecular formula is C16H30N2O2S. The highest BCUT2D eigenvalue weighted by atomic mass is 32.2. The zero-order valence-corrected chi connectivity index (χ0v) is 14.1. The molecule has 2 fully saturated rings. The maximum Gasteiger partial charge on any atom is 0.238 e. The lowest BCUT2D eigenvalue weighted by Gasteiger charge is -2.33. The van der Waals surface area contributed by atoms with E-state index in [2.05, 4.69) is 12.2 Å². The van der Waals surface area contributed by atoms with Crippen molar-refractivity contribution >= 4 is 17.7 Å². The van der Waals surface area contributed by atoms with Crippen molar-refractivity contribution in [3.63, 3.8) is 0 Å². The molecule has 2 aliphatic rings. The number of carbonyl (C=O) groups excluding carboxylic acids is 1. The fraction of sp³-hybridized carbons (Fsp3) is 0.938. The molecule has 2 rings (SSSR count). The van der Waals surface area contributed by atoms with Crippen LogP contribution in [0.15, 0.2) is 0 Å². The van der Waals surface area contributed by atoms with E-state index in [-0.39, 0.29) is 5.91 Å². The average Bonchev–Trinajstić information content (AvgIpc) is 3.11. The maximum absolute atomic E-state index is 12.0. The molecule has 1 saturated carbocycles. The SMILES string of the molecule is CCCNC1(C(N)=O)CCCC1CCSCC1CCCO1. The topological polar surface area (TPSA) is 64.3 Å². The van der Waals surface area contributed by atoms with Crippen LogP contribution in [0.4, 0.5) is 0 Å². The zero-order valence-electron chi connectivity index (χ0n) is 13.2. The summed E-state index contributed by atoms with van der Waals surface area (Å²) in [5, 5.41) is 3.47. The first-order valence-electron chi connectivity index (χ1n) is 8.43. The van der Waals surface area contributed by atoms with Gasteiger partial charge in [0.15, 0.2) is 0 Å². The van der Waals surface area contributed by atoms with Gasteiger partial charge in [0.1, 0.15) is 5.54 Å². The third kappa shape index (κ3) is 4.36. The molecule has 0 aromatic heterocycles. The van der Waals surface area contributed by atoms with Gasteiger partial charge in [-0.05, 0) is 56.7 Å². The summed E-state index contributed by atoms with van der Waals surface area (Å²) in [6.45, 7) is 3.94. The van der Waals surface area contributed by atoms with Crippen molar-refractivity contribution in [1.29, 1.82) is 0 Å². The molecule has 1 amide bonds. The summed E-state index contributed by atoms with van der Waals surface area (Å²) in [5.74, 6) is 2.45. The molecule has 0 spiro atoms. The fourth-order valence-electron chi connectivity index (χ4n) is 3.68. The molecule has 3 atom stereocenters. The fourth-order valence-corrected chi connectivity index (χ4v) is 4.82. The van der Waals surface area contributed by atoms with Gasteiger partial charge in [-0.2, -0.15) is 11.8 Å². The average molecular weight is 314 g/mol. The second kappa shape index (κ2) is 8.39. The molecule has 21 heavy (non-hydrogen) atoms. The lowest BCUT2D eigenvalue weighted by Crippen LogP contribution is -2.58. The van der Waals surface area contributed by atoms with Crippen molar-refractivity contribution in [1.82, 2.24) is 5.32 Å². The number of ether oxygens (including phenoxy) is 1. The van der Waals surface area contributed by atoms with Gasteiger partial charge in [-0.1, -0.05) is 13.3 Å². The van der Waals surface area contributed by atoms with Crippen molar-refractivity contribution < 1.29 is 9.53 Å². The molecule has 0 aromatic rings. The van der Waals surface area contributed by atoms with E-state index >= 15 is 0 Å². The van der Waals surface area contributed by atoms with Gasteiger partial charge in [0.25, 0.3) is 0 Å².